The van der Waals surface area contributed by atoms with E-state index in [0.29, 0.717) is 0 Å². The quantitative estimate of drug-likeness (QED) is 0.504. The van der Waals surface area contributed by atoms with Gasteiger partial charge < -0.3 is 4.74 Å². The number of aromatic nitrogens is 1. The number of aryl methyl sites for hydroxylation is 1. The minimum Gasteiger partial charge on any atom is -0.497 e. The number of unbranched alkanes of at least 4 members (excludes halogenated alkanes) is 1. The Bertz CT molecular complexity index is 903. The first-order chi connectivity index (χ1) is 12.5. The van der Waals surface area contributed by atoms with E-state index in [0.717, 1.165) is 17.7 Å². The summed E-state index contributed by atoms with van der Waals surface area (Å²) in [5.74, 6) is 0.897. The molecular formula is C23H29NOS. The molecule has 0 saturated heterocycles. The Balaban J connectivity index is 2.34. The number of rotatable bonds is 6. The van der Waals surface area contributed by atoms with Crippen molar-refractivity contribution in [1.29, 1.82) is 0 Å². The zero-order valence-corrected chi connectivity index (χ0v) is 17.3. The van der Waals surface area contributed by atoms with E-state index < -0.39 is 10.0 Å². The Morgan fingerprint density at radius 3 is 2.42 bits per heavy atom. The Labute approximate surface area is 158 Å². The summed E-state index contributed by atoms with van der Waals surface area (Å²) in [6.07, 6.45) is 8.28. The topological polar surface area (TPSA) is 22.1 Å². The van der Waals surface area contributed by atoms with Gasteiger partial charge in [0, 0.05) is 16.0 Å². The zero-order valence-electron chi connectivity index (χ0n) is 16.5. The molecule has 0 radical (unpaired) electrons. The van der Waals surface area contributed by atoms with Gasteiger partial charge in [-0.3, -0.25) is 4.98 Å². The molecule has 3 aromatic rings. The molecule has 0 aliphatic heterocycles. The largest absolute Gasteiger partial charge is 0.497 e. The molecule has 0 saturated carbocycles. The Hall–Kier alpha value is -2.00. The lowest BCUT2D eigenvalue weighted by Gasteiger charge is -2.36. The number of pyridine rings is 1. The first kappa shape index (κ1) is 18.8. The minimum absolute atomic E-state index is 0.897. The molecule has 1 heterocycles. The van der Waals surface area contributed by atoms with Crippen molar-refractivity contribution in [2.24, 2.45) is 0 Å². The molecule has 26 heavy (non-hydrogen) atoms. The van der Waals surface area contributed by atoms with Gasteiger partial charge in [0.2, 0.25) is 0 Å². The molecule has 0 atom stereocenters. The van der Waals surface area contributed by atoms with E-state index in [-0.39, 0.29) is 0 Å². The Morgan fingerprint density at radius 2 is 1.77 bits per heavy atom. The smallest absolute Gasteiger partial charge is 0.119 e. The van der Waals surface area contributed by atoms with Crippen molar-refractivity contribution in [3.05, 3.63) is 59.8 Å². The number of fused-ring (bicyclic) bond motifs is 1. The van der Waals surface area contributed by atoms with Gasteiger partial charge in [0.15, 0.2) is 0 Å². The van der Waals surface area contributed by atoms with Crippen LogP contribution in [-0.4, -0.2) is 24.6 Å². The molecule has 2 nitrogen and oxygen atoms in total. The second-order valence-corrected chi connectivity index (χ2v) is 10.7. The van der Waals surface area contributed by atoms with E-state index in [2.05, 4.69) is 68.8 Å². The van der Waals surface area contributed by atoms with Crippen LogP contribution in [0.4, 0.5) is 0 Å². The summed E-state index contributed by atoms with van der Waals surface area (Å²) >= 11 is 0. The van der Waals surface area contributed by atoms with Gasteiger partial charge in [-0.2, -0.15) is 10.0 Å². The third-order valence-electron chi connectivity index (χ3n) is 5.07. The van der Waals surface area contributed by atoms with E-state index >= 15 is 0 Å². The molecule has 3 rings (SSSR count). The van der Waals surface area contributed by atoms with Gasteiger partial charge in [-0.1, -0.05) is 31.5 Å². The van der Waals surface area contributed by atoms with Crippen molar-refractivity contribution in [3.8, 4) is 5.75 Å². The van der Waals surface area contributed by atoms with Crippen molar-refractivity contribution in [2.75, 3.05) is 19.6 Å². The molecule has 0 spiro atoms. The van der Waals surface area contributed by atoms with E-state index in [1.807, 2.05) is 6.07 Å². The summed E-state index contributed by atoms with van der Waals surface area (Å²) in [6.45, 7) is 4.42. The van der Waals surface area contributed by atoms with Crippen molar-refractivity contribution in [1.82, 2.24) is 4.98 Å². The number of nitrogens with zero attached hydrogens (tertiary/aromatic N) is 1. The van der Waals surface area contributed by atoms with Crippen LogP contribution in [0.25, 0.3) is 10.9 Å². The fourth-order valence-corrected chi connectivity index (χ4v) is 6.26. The maximum absolute atomic E-state index is 5.53. The van der Waals surface area contributed by atoms with E-state index in [1.54, 1.807) is 7.11 Å². The third kappa shape index (κ3) is 3.45. The molecule has 0 fully saturated rings. The monoisotopic (exact) mass is 367 g/mol. The van der Waals surface area contributed by atoms with Crippen LogP contribution in [-0.2, 0) is 6.42 Å². The number of methoxy groups -OCH3 is 1. The highest BCUT2D eigenvalue weighted by Gasteiger charge is 2.25. The molecule has 0 aliphatic rings. The van der Waals surface area contributed by atoms with E-state index in [1.165, 1.54) is 39.3 Å². The van der Waals surface area contributed by atoms with Crippen molar-refractivity contribution >= 4 is 20.9 Å². The van der Waals surface area contributed by atoms with Crippen LogP contribution in [0.5, 0.6) is 5.75 Å². The molecule has 0 bridgehead atoms. The van der Waals surface area contributed by atoms with Gasteiger partial charge in [-0.15, -0.1) is 0 Å². The maximum Gasteiger partial charge on any atom is 0.119 e. The molecule has 1 aromatic heterocycles. The summed E-state index contributed by atoms with van der Waals surface area (Å²) in [6, 6.07) is 17.2. The second kappa shape index (κ2) is 7.71. The van der Waals surface area contributed by atoms with Crippen LogP contribution in [0.2, 0.25) is 0 Å². The first-order valence-electron chi connectivity index (χ1n) is 9.24. The van der Waals surface area contributed by atoms with Crippen LogP contribution in [0.15, 0.2) is 58.3 Å². The van der Waals surface area contributed by atoms with E-state index in [4.69, 9.17) is 9.72 Å². The highest BCUT2D eigenvalue weighted by molar-refractivity contribution is 8.32. The number of hydrogen-bond donors (Lipinski definition) is 0. The molecule has 0 amide bonds. The van der Waals surface area contributed by atoms with Crippen molar-refractivity contribution in [2.45, 2.75) is 42.9 Å². The first-order valence-corrected chi connectivity index (χ1v) is 11.7. The van der Waals surface area contributed by atoms with Crippen molar-refractivity contribution < 1.29 is 4.74 Å². The standard InChI is InChI=1S/C23H29NOS/c1-6-7-13-20-17(2)24-22-15-14-18(25-3)16-21(22)23(20)26(4,5)19-11-9-8-10-12-19/h8-12,14-16H,6-7,13H2,1-5H3. The summed E-state index contributed by atoms with van der Waals surface area (Å²) in [5, 5.41) is 1.24. The molecule has 0 unspecified atom stereocenters. The van der Waals surface area contributed by atoms with Gasteiger partial charge in [-0.25, -0.2) is 0 Å². The summed E-state index contributed by atoms with van der Waals surface area (Å²) < 4.78 is 5.53. The normalized spacial score (nSPS) is 12.3. The molecule has 0 aliphatic carbocycles. The summed E-state index contributed by atoms with van der Waals surface area (Å²) in [5.41, 5.74) is 3.66. The lowest BCUT2D eigenvalue weighted by Crippen LogP contribution is -2.07. The SMILES string of the molecule is CCCCc1c(C)nc2ccc(OC)cc2c1S(C)(C)c1ccccc1. The average molecular weight is 368 g/mol. The number of hydrogen-bond acceptors (Lipinski definition) is 2. The third-order valence-corrected chi connectivity index (χ3v) is 8.01. The Kier molecular flexibility index (Phi) is 5.57. The van der Waals surface area contributed by atoms with E-state index in [9.17, 15) is 0 Å². The van der Waals surface area contributed by atoms with Gasteiger partial charge >= 0.3 is 0 Å². The Morgan fingerprint density at radius 1 is 1.04 bits per heavy atom. The van der Waals surface area contributed by atoms with Gasteiger partial charge in [0.05, 0.1) is 12.6 Å². The molecule has 138 valence electrons. The minimum atomic E-state index is -1.17. The fourth-order valence-electron chi connectivity index (χ4n) is 3.61. The average Bonchev–Trinajstić information content (AvgIpc) is 2.66. The van der Waals surface area contributed by atoms with Gasteiger partial charge in [0.25, 0.3) is 0 Å². The van der Waals surface area contributed by atoms with Crippen molar-refractivity contribution in [3.63, 3.8) is 0 Å². The highest BCUT2D eigenvalue weighted by Crippen LogP contribution is 2.60. The summed E-state index contributed by atoms with van der Waals surface area (Å²) in [4.78, 5) is 7.81. The fraction of sp³-hybridized carbons (Fsp3) is 0.348. The predicted molar refractivity (Wildman–Crippen MR) is 114 cm³/mol. The van der Waals surface area contributed by atoms with Crippen LogP contribution < -0.4 is 4.74 Å². The molecular weight excluding hydrogens is 338 g/mol. The lowest BCUT2D eigenvalue weighted by atomic mass is 10.0. The lowest BCUT2D eigenvalue weighted by molar-refractivity contribution is 0.415. The number of benzene rings is 2. The van der Waals surface area contributed by atoms with Gasteiger partial charge in [0.1, 0.15) is 5.75 Å². The molecule has 2 aromatic carbocycles. The van der Waals surface area contributed by atoms with Crippen LogP contribution in [0.1, 0.15) is 31.0 Å². The second-order valence-electron chi connectivity index (χ2n) is 7.13. The molecule has 3 heteroatoms. The highest BCUT2D eigenvalue weighted by atomic mass is 32.3. The predicted octanol–water partition coefficient (Wildman–Crippen LogP) is 6.38. The van der Waals surface area contributed by atoms with Crippen LogP contribution >= 0.6 is 10.0 Å². The zero-order chi connectivity index (χ0) is 18.7. The van der Waals surface area contributed by atoms with Gasteiger partial charge in [-0.05, 0) is 73.1 Å². The molecule has 0 N–H and O–H groups in total. The number of ether oxygens (including phenoxy) is 1. The van der Waals surface area contributed by atoms with Crippen LogP contribution in [0.3, 0.4) is 0 Å². The summed E-state index contributed by atoms with van der Waals surface area (Å²) in [7, 11) is 0.562. The maximum atomic E-state index is 5.53. The van der Waals surface area contributed by atoms with Crippen LogP contribution in [0, 0.1) is 6.92 Å².